The fourth-order valence-electron chi connectivity index (χ4n) is 2.77. The number of para-hydroxylation sites is 1. The second-order valence-electron chi connectivity index (χ2n) is 5.25. The summed E-state index contributed by atoms with van der Waals surface area (Å²) in [5.41, 5.74) is 0.853. The van der Waals surface area contributed by atoms with Crippen LogP contribution in [-0.2, 0) is 9.84 Å². The number of nitrogens with zero attached hydrogens (tertiary/aromatic N) is 1. The number of rotatable bonds is 4. The van der Waals surface area contributed by atoms with Gasteiger partial charge in [0.2, 0.25) is 0 Å². The van der Waals surface area contributed by atoms with Crippen molar-refractivity contribution >= 4 is 15.5 Å². The van der Waals surface area contributed by atoms with Crippen molar-refractivity contribution in [1.82, 2.24) is 5.32 Å². The number of hydrogen-bond donors (Lipinski definition) is 1. The molecule has 106 valence electrons. The van der Waals surface area contributed by atoms with E-state index in [0.29, 0.717) is 10.8 Å². The molecule has 1 unspecified atom stereocenters. The molecular weight excluding hydrogens is 260 g/mol. The van der Waals surface area contributed by atoms with Gasteiger partial charge in [-0.3, -0.25) is 0 Å². The van der Waals surface area contributed by atoms with Crippen LogP contribution in [-0.4, -0.2) is 41.4 Å². The third-order valence-corrected chi connectivity index (χ3v) is 4.76. The Kier molecular flexibility index (Phi) is 4.47. The monoisotopic (exact) mass is 282 g/mol. The van der Waals surface area contributed by atoms with Crippen LogP contribution in [0.15, 0.2) is 29.2 Å². The molecule has 0 saturated carbocycles. The Balaban J connectivity index is 2.27. The molecule has 2 rings (SSSR count). The van der Waals surface area contributed by atoms with Crippen molar-refractivity contribution in [3.63, 3.8) is 0 Å². The minimum Gasteiger partial charge on any atom is -0.370 e. The predicted molar refractivity (Wildman–Crippen MR) is 78.4 cm³/mol. The highest BCUT2D eigenvalue weighted by molar-refractivity contribution is 7.90. The van der Waals surface area contributed by atoms with Crippen LogP contribution in [0.25, 0.3) is 0 Å². The van der Waals surface area contributed by atoms with Gasteiger partial charge in [0.25, 0.3) is 0 Å². The molecule has 0 aliphatic carbocycles. The molecule has 0 spiro atoms. The molecule has 1 fully saturated rings. The highest BCUT2D eigenvalue weighted by Gasteiger charge is 2.23. The lowest BCUT2D eigenvalue weighted by Gasteiger charge is -2.35. The van der Waals surface area contributed by atoms with E-state index in [0.717, 1.165) is 31.7 Å². The Morgan fingerprint density at radius 1 is 1.37 bits per heavy atom. The summed E-state index contributed by atoms with van der Waals surface area (Å²) in [6.07, 6.45) is 3.60. The van der Waals surface area contributed by atoms with E-state index >= 15 is 0 Å². The maximum absolute atomic E-state index is 11.9. The number of benzene rings is 1. The lowest BCUT2D eigenvalue weighted by atomic mass is 9.97. The summed E-state index contributed by atoms with van der Waals surface area (Å²) in [7, 11) is -1.21. The number of piperidine rings is 1. The number of anilines is 1. The maximum atomic E-state index is 11.9. The minimum atomic E-state index is -3.17. The molecule has 0 aromatic heterocycles. The molecular formula is C14H22N2O2S. The summed E-state index contributed by atoms with van der Waals surface area (Å²) in [6.45, 7) is 2.84. The smallest absolute Gasteiger partial charge is 0.177 e. The second kappa shape index (κ2) is 5.92. The average Bonchev–Trinajstić information content (AvgIpc) is 2.38. The fourth-order valence-corrected chi connectivity index (χ4v) is 3.67. The van der Waals surface area contributed by atoms with Gasteiger partial charge in [0.15, 0.2) is 9.84 Å². The first-order valence-electron chi connectivity index (χ1n) is 6.71. The summed E-state index contributed by atoms with van der Waals surface area (Å²) in [5.74, 6) is 0.589. The zero-order valence-electron chi connectivity index (χ0n) is 11.6. The van der Waals surface area contributed by atoms with Crippen molar-refractivity contribution in [3.05, 3.63) is 24.3 Å². The van der Waals surface area contributed by atoms with Crippen LogP contribution in [0.1, 0.15) is 12.8 Å². The predicted octanol–water partition coefficient (Wildman–Crippen LogP) is 1.53. The Morgan fingerprint density at radius 2 is 2.11 bits per heavy atom. The Morgan fingerprint density at radius 3 is 2.79 bits per heavy atom. The molecule has 5 heteroatoms. The van der Waals surface area contributed by atoms with E-state index in [4.69, 9.17) is 0 Å². The molecule has 1 N–H and O–H groups in total. The number of nitrogens with one attached hydrogen (secondary N) is 1. The molecule has 1 aromatic rings. The van der Waals surface area contributed by atoms with Crippen molar-refractivity contribution in [2.45, 2.75) is 17.7 Å². The molecule has 1 aromatic carbocycles. The highest BCUT2D eigenvalue weighted by atomic mass is 32.2. The summed E-state index contributed by atoms with van der Waals surface area (Å²) in [4.78, 5) is 2.65. The topological polar surface area (TPSA) is 49.4 Å². The zero-order chi connectivity index (χ0) is 13.9. The first kappa shape index (κ1) is 14.3. The Bertz CT molecular complexity index is 526. The van der Waals surface area contributed by atoms with Gasteiger partial charge in [-0.25, -0.2) is 8.42 Å². The number of sulfone groups is 1. The molecule has 4 nitrogen and oxygen atoms in total. The second-order valence-corrected chi connectivity index (χ2v) is 7.24. The van der Waals surface area contributed by atoms with Gasteiger partial charge in [0.1, 0.15) is 0 Å². The van der Waals surface area contributed by atoms with E-state index in [9.17, 15) is 8.42 Å². The van der Waals surface area contributed by atoms with E-state index < -0.39 is 9.84 Å². The van der Waals surface area contributed by atoms with Gasteiger partial charge in [-0.2, -0.15) is 0 Å². The average molecular weight is 282 g/mol. The molecule has 1 atom stereocenters. The SMILES string of the molecule is CNCC1CCCN(c2ccccc2S(C)(=O)=O)C1. The lowest BCUT2D eigenvalue weighted by Crippen LogP contribution is -2.39. The van der Waals surface area contributed by atoms with Crippen LogP contribution in [0.4, 0.5) is 5.69 Å². The first-order chi connectivity index (χ1) is 9.02. The fraction of sp³-hybridized carbons (Fsp3) is 0.571. The van der Waals surface area contributed by atoms with Crippen LogP contribution in [0.5, 0.6) is 0 Å². The quantitative estimate of drug-likeness (QED) is 0.910. The summed E-state index contributed by atoms with van der Waals surface area (Å²) < 4.78 is 23.7. The van der Waals surface area contributed by atoms with Gasteiger partial charge in [0.05, 0.1) is 10.6 Å². The molecule has 19 heavy (non-hydrogen) atoms. The van der Waals surface area contributed by atoms with Crippen LogP contribution in [0.3, 0.4) is 0 Å². The highest BCUT2D eigenvalue weighted by Crippen LogP contribution is 2.28. The molecule has 1 saturated heterocycles. The van der Waals surface area contributed by atoms with E-state index in [1.165, 1.54) is 12.7 Å². The van der Waals surface area contributed by atoms with Crippen LogP contribution < -0.4 is 10.2 Å². The van der Waals surface area contributed by atoms with Crippen molar-refractivity contribution in [2.75, 3.05) is 37.8 Å². The van der Waals surface area contributed by atoms with E-state index in [1.807, 2.05) is 19.2 Å². The lowest BCUT2D eigenvalue weighted by molar-refractivity contribution is 0.401. The maximum Gasteiger partial charge on any atom is 0.177 e. The van der Waals surface area contributed by atoms with Crippen molar-refractivity contribution in [2.24, 2.45) is 5.92 Å². The van der Waals surface area contributed by atoms with Gasteiger partial charge in [0, 0.05) is 19.3 Å². The van der Waals surface area contributed by atoms with Crippen molar-refractivity contribution < 1.29 is 8.42 Å². The van der Waals surface area contributed by atoms with Gasteiger partial charge >= 0.3 is 0 Å². The summed E-state index contributed by atoms with van der Waals surface area (Å²) >= 11 is 0. The normalized spacial score (nSPS) is 20.5. The van der Waals surface area contributed by atoms with E-state index in [2.05, 4.69) is 10.2 Å². The molecule has 0 bridgehead atoms. The zero-order valence-corrected chi connectivity index (χ0v) is 12.4. The Labute approximate surface area is 115 Å². The first-order valence-corrected chi connectivity index (χ1v) is 8.60. The molecule has 1 heterocycles. The van der Waals surface area contributed by atoms with Gasteiger partial charge in [-0.05, 0) is 44.5 Å². The van der Waals surface area contributed by atoms with E-state index in [1.54, 1.807) is 12.1 Å². The van der Waals surface area contributed by atoms with Crippen LogP contribution in [0, 0.1) is 5.92 Å². The number of hydrogen-bond acceptors (Lipinski definition) is 4. The van der Waals surface area contributed by atoms with Crippen LogP contribution >= 0.6 is 0 Å². The minimum absolute atomic E-state index is 0.445. The molecule has 0 radical (unpaired) electrons. The molecule has 1 aliphatic heterocycles. The van der Waals surface area contributed by atoms with Crippen LogP contribution in [0.2, 0.25) is 0 Å². The van der Waals surface area contributed by atoms with Crippen molar-refractivity contribution in [3.8, 4) is 0 Å². The summed E-state index contributed by atoms with van der Waals surface area (Å²) in [5, 5.41) is 3.21. The van der Waals surface area contributed by atoms with Gasteiger partial charge in [-0.15, -0.1) is 0 Å². The molecule has 0 amide bonds. The van der Waals surface area contributed by atoms with Gasteiger partial charge in [-0.1, -0.05) is 12.1 Å². The largest absolute Gasteiger partial charge is 0.370 e. The third-order valence-electron chi connectivity index (χ3n) is 3.62. The standard InChI is InChI=1S/C14H22N2O2S/c1-15-10-12-6-5-9-16(11-12)13-7-3-4-8-14(13)19(2,17)18/h3-4,7-8,12,15H,5-6,9-11H2,1-2H3. The third kappa shape index (κ3) is 3.48. The van der Waals surface area contributed by atoms with Gasteiger partial charge < -0.3 is 10.2 Å². The summed E-state index contributed by atoms with van der Waals surface area (Å²) in [6, 6.07) is 7.31. The van der Waals surface area contributed by atoms with E-state index in [-0.39, 0.29) is 0 Å². The van der Waals surface area contributed by atoms with Crippen molar-refractivity contribution in [1.29, 1.82) is 0 Å². The molecule has 1 aliphatic rings. The Hall–Kier alpha value is -1.07.